The van der Waals surface area contributed by atoms with Crippen molar-refractivity contribution >= 4 is 11.9 Å². The number of carbonyl (C=O) groups is 1. The maximum absolute atomic E-state index is 11.1. The SMILES string of the molecule is CCCNCc1cnc(N(CC(N)=O)CC(C)C)nc1. The summed E-state index contributed by atoms with van der Waals surface area (Å²) in [5.74, 6) is 0.587. The molecule has 1 amide bonds. The molecule has 0 aromatic carbocycles. The lowest BCUT2D eigenvalue weighted by molar-refractivity contribution is -0.116. The van der Waals surface area contributed by atoms with Gasteiger partial charge < -0.3 is 16.0 Å². The van der Waals surface area contributed by atoms with Crippen LogP contribution in [-0.2, 0) is 11.3 Å². The van der Waals surface area contributed by atoms with E-state index in [1.54, 1.807) is 12.4 Å². The third kappa shape index (κ3) is 5.97. The number of nitrogens with one attached hydrogen (secondary N) is 1. The zero-order valence-corrected chi connectivity index (χ0v) is 12.6. The van der Waals surface area contributed by atoms with Gasteiger partial charge in [-0.15, -0.1) is 0 Å². The van der Waals surface area contributed by atoms with Crippen molar-refractivity contribution in [2.75, 3.05) is 24.5 Å². The molecule has 1 rings (SSSR count). The van der Waals surface area contributed by atoms with Crippen LogP contribution in [0.2, 0.25) is 0 Å². The molecule has 0 aliphatic rings. The largest absolute Gasteiger partial charge is 0.368 e. The Kier molecular flexibility index (Phi) is 6.93. The van der Waals surface area contributed by atoms with Gasteiger partial charge in [0.15, 0.2) is 0 Å². The molecule has 0 fully saturated rings. The van der Waals surface area contributed by atoms with Crippen molar-refractivity contribution < 1.29 is 4.79 Å². The number of rotatable bonds is 9. The molecular weight excluding hydrogens is 254 g/mol. The Balaban J connectivity index is 2.68. The minimum absolute atomic E-state index is 0.144. The van der Waals surface area contributed by atoms with Crippen LogP contribution >= 0.6 is 0 Å². The molecule has 0 aliphatic carbocycles. The summed E-state index contributed by atoms with van der Waals surface area (Å²) in [6, 6.07) is 0. The summed E-state index contributed by atoms with van der Waals surface area (Å²) >= 11 is 0. The Bertz CT molecular complexity index is 405. The number of anilines is 1. The second-order valence-corrected chi connectivity index (χ2v) is 5.31. The van der Waals surface area contributed by atoms with Gasteiger partial charge in [-0.25, -0.2) is 9.97 Å². The zero-order chi connectivity index (χ0) is 15.0. The number of carbonyl (C=O) groups excluding carboxylic acids is 1. The van der Waals surface area contributed by atoms with Crippen molar-refractivity contribution in [1.82, 2.24) is 15.3 Å². The van der Waals surface area contributed by atoms with E-state index in [1.807, 2.05) is 4.90 Å². The van der Waals surface area contributed by atoms with Crippen molar-refractivity contribution in [3.05, 3.63) is 18.0 Å². The molecule has 0 saturated heterocycles. The quantitative estimate of drug-likeness (QED) is 0.657. The van der Waals surface area contributed by atoms with Crippen LogP contribution in [0.4, 0.5) is 5.95 Å². The standard InChI is InChI=1S/C14H25N5O/c1-4-5-16-6-12-7-17-14(18-8-12)19(9-11(2)3)10-13(15)20/h7-8,11,16H,4-6,9-10H2,1-3H3,(H2,15,20). The van der Waals surface area contributed by atoms with Gasteiger partial charge in [-0.1, -0.05) is 20.8 Å². The maximum Gasteiger partial charge on any atom is 0.237 e. The van der Waals surface area contributed by atoms with Crippen LogP contribution < -0.4 is 16.0 Å². The monoisotopic (exact) mass is 279 g/mol. The summed E-state index contributed by atoms with van der Waals surface area (Å²) in [7, 11) is 0. The molecule has 0 radical (unpaired) electrons. The van der Waals surface area contributed by atoms with Gasteiger partial charge in [-0.05, 0) is 18.9 Å². The van der Waals surface area contributed by atoms with Gasteiger partial charge in [0, 0.05) is 31.0 Å². The molecule has 3 N–H and O–H groups in total. The van der Waals surface area contributed by atoms with Crippen LogP contribution in [0.1, 0.15) is 32.8 Å². The number of nitrogens with two attached hydrogens (primary N) is 1. The number of primary amides is 1. The topological polar surface area (TPSA) is 84.1 Å². The molecule has 1 aromatic rings. The van der Waals surface area contributed by atoms with E-state index in [0.29, 0.717) is 18.4 Å². The van der Waals surface area contributed by atoms with E-state index >= 15 is 0 Å². The Morgan fingerprint density at radius 2 is 2.05 bits per heavy atom. The third-order valence-corrected chi connectivity index (χ3v) is 2.66. The first-order valence-electron chi connectivity index (χ1n) is 7.07. The molecule has 0 aliphatic heterocycles. The van der Waals surface area contributed by atoms with E-state index in [0.717, 1.165) is 25.1 Å². The summed E-state index contributed by atoms with van der Waals surface area (Å²) in [5.41, 5.74) is 6.30. The fourth-order valence-corrected chi connectivity index (χ4v) is 1.86. The highest BCUT2D eigenvalue weighted by molar-refractivity contribution is 5.78. The molecule has 0 saturated carbocycles. The summed E-state index contributed by atoms with van der Waals surface area (Å²) in [6.07, 6.45) is 4.68. The second kappa shape index (κ2) is 8.47. The van der Waals surface area contributed by atoms with Gasteiger partial charge in [0.25, 0.3) is 0 Å². The molecule has 0 atom stereocenters. The summed E-state index contributed by atoms with van der Waals surface area (Å²) < 4.78 is 0. The van der Waals surface area contributed by atoms with Crippen LogP contribution in [0.15, 0.2) is 12.4 Å². The minimum atomic E-state index is -0.372. The molecule has 112 valence electrons. The Morgan fingerprint density at radius 3 is 2.55 bits per heavy atom. The van der Waals surface area contributed by atoms with Gasteiger partial charge in [0.1, 0.15) is 0 Å². The second-order valence-electron chi connectivity index (χ2n) is 5.31. The summed E-state index contributed by atoms with van der Waals surface area (Å²) in [5, 5.41) is 3.30. The van der Waals surface area contributed by atoms with E-state index in [4.69, 9.17) is 5.73 Å². The molecule has 0 spiro atoms. The third-order valence-electron chi connectivity index (χ3n) is 2.66. The number of hydrogen-bond acceptors (Lipinski definition) is 5. The van der Waals surface area contributed by atoms with Gasteiger partial charge in [0.05, 0.1) is 6.54 Å². The van der Waals surface area contributed by atoms with Crippen molar-refractivity contribution in [2.24, 2.45) is 11.7 Å². The fraction of sp³-hybridized carbons (Fsp3) is 0.643. The summed E-state index contributed by atoms with van der Waals surface area (Å²) in [6.45, 7) is 8.87. The molecule has 20 heavy (non-hydrogen) atoms. The number of nitrogens with zero attached hydrogens (tertiary/aromatic N) is 3. The number of amides is 1. The molecule has 0 unspecified atom stereocenters. The highest BCUT2D eigenvalue weighted by Crippen LogP contribution is 2.09. The predicted molar refractivity (Wildman–Crippen MR) is 80.3 cm³/mol. The first-order chi connectivity index (χ1) is 9.52. The highest BCUT2D eigenvalue weighted by atomic mass is 16.1. The zero-order valence-electron chi connectivity index (χ0n) is 12.6. The van der Waals surface area contributed by atoms with Crippen LogP contribution in [0.5, 0.6) is 0 Å². The van der Waals surface area contributed by atoms with Crippen LogP contribution in [0.3, 0.4) is 0 Å². The van der Waals surface area contributed by atoms with Gasteiger partial charge in [-0.2, -0.15) is 0 Å². The molecular formula is C14H25N5O. The highest BCUT2D eigenvalue weighted by Gasteiger charge is 2.13. The van der Waals surface area contributed by atoms with E-state index in [2.05, 4.69) is 36.1 Å². The van der Waals surface area contributed by atoms with Crippen molar-refractivity contribution in [3.63, 3.8) is 0 Å². The summed E-state index contributed by atoms with van der Waals surface area (Å²) in [4.78, 5) is 21.6. The van der Waals surface area contributed by atoms with Crippen LogP contribution in [0.25, 0.3) is 0 Å². The van der Waals surface area contributed by atoms with Crippen molar-refractivity contribution in [2.45, 2.75) is 33.7 Å². The maximum atomic E-state index is 11.1. The number of aromatic nitrogens is 2. The lowest BCUT2D eigenvalue weighted by atomic mass is 10.2. The molecule has 6 nitrogen and oxygen atoms in total. The first kappa shape index (κ1) is 16.4. The van der Waals surface area contributed by atoms with Gasteiger partial charge >= 0.3 is 0 Å². The first-order valence-corrected chi connectivity index (χ1v) is 7.07. The number of hydrogen-bond donors (Lipinski definition) is 2. The van der Waals surface area contributed by atoms with Gasteiger partial charge in [0.2, 0.25) is 11.9 Å². The van der Waals surface area contributed by atoms with E-state index in [9.17, 15) is 4.79 Å². The van der Waals surface area contributed by atoms with E-state index < -0.39 is 0 Å². The predicted octanol–water partition coefficient (Wildman–Crippen LogP) is 0.924. The normalized spacial score (nSPS) is 10.8. The van der Waals surface area contributed by atoms with Crippen LogP contribution in [-0.4, -0.2) is 35.5 Å². The average Bonchev–Trinajstić information content (AvgIpc) is 2.38. The lowest BCUT2D eigenvalue weighted by Crippen LogP contribution is -2.37. The molecule has 6 heteroatoms. The van der Waals surface area contributed by atoms with Crippen LogP contribution in [0, 0.1) is 5.92 Å². The Labute approximate surface area is 120 Å². The minimum Gasteiger partial charge on any atom is -0.368 e. The van der Waals surface area contributed by atoms with E-state index in [-0.39, 0.29) is 12.5 Å². The van der Waals surface area contributed by atoms with Gasteiger partial charge in [-0.3, -0.25) is 4.79 Å². The molecule has 0 bridgehead atoms. The fourth-order valence-electron chi connectivity index (χ4n) is 1.86. The molecule has 1 aromatic heterocycles. The Hall–Kier alpha value is -1.69. The van der Waals surface area contributed by atoms with Crippen molar-refractivity contribution in [3.8, 4) is 0 Å². The average molecular weight is 279 g/mol. The molecule has 1 heterocycles. The Morgan fingerprint density at radius 1 is 1.40 bits per heavy atom. The smallest absolute Gasteiger partial charge is 0.237 e. The lowest BCUT2D eigenvalue weighted by Gasteiger charge is -2.22. The van der Waals surface area contributed by atoms with E-state index in [1.165, 1.54) is 0 Å². The van der Waals surface area contributed by atoms with Crippen molar-refractivity contribution in [1.29, 1.82) is 0 Å².